The average Bonchev–Trinajstić information content (AvgIpc) is 3.40. The van der Waals surface area contributed by atoms with Gasteiger partial charge in [-0.25, -0.2) is 4.39 Å². The van der Waals surface area contributed by atoms with Crippen LogP contribution in [0.2, 0.25) is 5.02 Å². The van der Waals surface area contributed by atoms with Crippen molar-refractivity contribution in [1.29, 1.82) is 0 Å². The minimum absolute atomic E-state index is 0.0171. The lowest BCUT2D eigenvalue weighted by Crippen LogP contribution is -2.37. The van der Waals surface area contributed by atoms with E-state index in [0.717, 1.165) is 43.7 Å². The Kier molecular flexibility index (Phi) is 10.1. The van der Waals surface area contributed by atoms with E-state index < -0.39 is 11.7 Å². The largest absolute Gasteiger partial charge is 0.360 e. The Balaban J connectivity index is 1.25. The Morgan fingerprint density at radius 3 is 2.48 bits per heavy atom. The number of nitrogens with one attached hydrogen (secondary N) is 2. The van der Waals surface area contributed by atoms with E-state index in [1.807, 2.05) is 56.3 Å². The molecule has 2 heterocycles. The van der Waals surface area contributed by atoms with Gasteiger partial charge in [0.25, 0.3) is 5.91 Å². The summed E-state index contributed by atoms with van der Waals surface area (Å²) < 4.78 is 20.1. The van der Waals surface area contributed by atoms with Crippen LogP contribution in [0.4, 0.5) is 10.1 Å². The Hall–Kier alpha value is -4.01. The van der Waals surface area contributed by atoms with Crippen molar-refractivity contribution in [2.45, 2.75) is 52.0 Å². The summed E-state index contributed by atoms with van der Waals surface area (Å²) in [7, 11) is 0. The van der Waals surface area contributed by atoms with Crippen LogP contribution in [0.15, 0.2) is 77.3 Å². The number of likely N-dealkylation sites (tertiary alicyclic amines) is 1. The summed E-state index contributed by atoms with van der Waals surface area (Å²) in [5.41, 5.74) is 3.37. The molecule has 9 heteroatoms. The van der Waals surface area contributed by atoms with Gasteiger partial charge in [-0.3, -0.25) is 9.59 Å². The first-order chi connectivity index (χ1) is 21.2. The molecule has 2 amide bonds. The van der Waals surface area contributed by atoms with Gasteiger partial charge >= 0.3 is 0 Å². The van der Waals surface area contributed by atoms with Gasteiger partial charge in [0.1, 0.15) is 22.8 Å². The van der Waals surface area contributed by atoms with Gasteiger partial charge in [0.05, 0.1) is 16.6 Å². The van der Waals surface area contributed by atoms with E-state index in [0.29, 0.717) is 18.1 Å². The number of carbonyl (C=O) groups excluding carboxylic acids is 2. The monoisotopic (exact) mass is 616 g/mol. The minimum atomic E-state index is -0.574. The first-order valence-corrected chi connectivity index (χ1v) is 15.5. The molecule has 5 rings (SSSR count). The molecular formula is C35H38ClFN4O3. The third-order valence-electron chi connectivity index (χ3n) is 8.27. The second-order valence-electron chi connectivity index (χ2n) is 11.7. The zero-order valence-electron chi connectivity index (χ0n) is 25.3. The topological polar surface area (TPSA) is 87.5 Å². The van der Waals surface area contributed by atoms with E-state index in [4.69, 9.17) is 16.1 Å². The molecule has 1 aliphatic heterocycles. The minimum Gasteiger partial charge on any atom is -0.360 e. The summed E-state index contributed by atoms with van der Waals surface area (Å²) >= 11 is 6.30. The molecule has 0 bridgehead atoms. The number of aromatic nitrogens is 1. The lowest BCUT2D eigenvalue weighted by atomic mass is 9.89. The summed E-state index contributed by atoms with van der Waals surface area (Å²) in [4.78, 5) is 28.3. The highest BCUT2D eigenvalue weighted by atomic mass is 35.5. The molecule has 1 aliphatic rings. The number of halogens is 2. The van der Waals surface area contributed by atoms with Gasteiger partial charge in [0, 0.05) is 18.2 Å². The van der Waals surface area contributed by atoms with Crippen molar-refractivity contribution in [3.05, 3.63) is 106 Å². The number of rotatable bonds is 10. The van der Waals surface area contributed by atoms with Crippen LogP contribution < -0.4 is 10.6 Å². The van der Waals surface area contributed by atoms with Crippen molar-refractivity contribution >= 4 is 29.1 Å². The maximum Gasteiger partial charge on any atom is 0.257 e. The van der Waals surface area contributed by atoms with Gasteiger partial charge in [-0.05, 0) is 80.6 Å². The van der Waals surface area contributed by atoms with Gasteiger partial charge in [-0.15, -0.1) is 0 Å². The van der Waals surface area contributed by atoms with Crippen LogP contribution in [0.1, 0.15) is 72.3 Å². The SMILES string of the molecule is Cc1onc(-c2c(F)cccc2Cl)c1C(=O)N[C@@H](CCN1CCC(c2cccc(NC(=O)C(C)C)c2)CC1)c1ccccc1. The summed E-state index contributed by atoms with van der Waals surface area (Å²) in [6.07, 6.45) is 2.71. The summed E-state index contributed by atoms with van der Waals surface area (Å²) in [5, 5.41) is 10.3. The summed E-state index contributed by atoms with van der Waals surface area (Å²) in [6.45, 7) is 8.07. The maximum absolute atomic E-state index is 14.8. The Labute approximate surface area is 262 Å². The molecule has 0 aliphatic carbocycles. The highest BCUT2D eigenvalue weighted by Gasteiger charge is 2.28. The normalized spacial score (nSPS) is 14.9. The Morgan fingerprint density at radius 1 is 1.05 bits per heavy atom. The molecule has 1 atom stereocenters. The standard InChI is InChI=1S/C35H38ClFN4O3/c1-22(2)34(42)38-27-12-7-11-26(21-27)24-15-18-41(19-16-24)20-17-30(25-9-5-4-6-10-25)39-35(43)31-23(3)44-40-33(31)32-28(36)13-8-14-29(32)37/h4-14,21-22,24,30H,15-20H2,1-3H3,(H,38,42)(H,39,43)/t30-/m0/s1. The molecule has 0 saturated carbocycles. The fourth-order valence-corrected chi connectivity index (χ4v) is 5.98. The number of benzene rings is 3. The van der Waals surface area contributed by atoms with Crippen LogP contribution >= 0.6 is 11.6 Å². The molecule has 3 aromatic carbocycles. The van der Waals surface area contributed by atoms with Crippen LogP contribution in [0.25, 0.3) is 11.3 Å². The van der Waals surface area contributed by atoms with Gasteiger partial charge in [0.2, 0.25) is 5.91 Å². The molecule has 0 spiro atoms. The van der Waals surface area contributed by atoms with E-state index in [9.17, 15) is 14.0 Å². The molecule has 2 N–H and O–H groups in total. The number of aryl methyl sites for hydroxylation is 1. The molecule has 230 valence electrons. The highest BCUT2D eigenvalue weighted by molar-refractivity contribution is 6.33. The van der Waals surface area contributed by atoms with E-state index in [1.54, 1.807) is 13.0 Å². The van der Waals surface area contributed by atoms with Crippen molar-refractivity contribution in [3.63, 3.8) is 0 Å². The van der Waals surface area contributed by atoms with E-state index >= 15 is 0 Å². The Morgan fingerprint density at radius 2 is 1.77 bits per heavy atom. The number of nitrogens with zero attached hydrogens (tertiary/aromatic N) is 2. The predicted octanol–water partition coefficient (Wildman–Crippen LogP) is 7.78. The third-order valence-corrected chi connectivity index (χ3v) is 8.58. The maximum atomic E-state index is 14.8. The number of hydrogen-bond acceptors (Lipinski definition) is 5. The zero-order chi connectivity index (χ0) is 31.2. The van der Waals surface area contributed by atoms with E-state index in [2.05, 4.69) is 32.8 Å². The predicted molar refractivity (Wildman–Crippen MR) is 171 cm³/mol. The number of carbonyl (C=O) groups is 2. The van der Waals surface area contributed by atoms with Gasteiger partial charge in [-0.2, -0.15) is 0 Å². The van der Waals surface area contributed by atoms with Gasteiger partial charge < -0.3 is 20.1 Å². The first-order valence-electron chi connectivity index (χ1n) is 15.1. The molecule has 0 unspecified atom stereocenters. The quantitative estimate of drug-likeness (QED) is 0.190. The smallest absolute Gasteiger partial charge is 0.257 e. The van der Waals surface area contributed by atoms with Crippen LogP contribution in [-0.2, 0) is 4.79 Å². The van der Waals surface area contributed by atoms with Crippen LogP contribution in [-0.4, -0.2) is 41.5 Å². The third kappa shape index (κ3) is 7.37. The lowest BCUT2D eigenvalue weighted by Gasteiger charge is -2.33. The Bertz CT molecular complexity index is 1580. The summed E-state index contributed by atoms with van der Waals surface area (Å²) in [6, 6.07) is 22.1. The second kappa shape index (κ2) is 14.2. The fraction of sp³-hybridized carbons (Fsp3) is 0.343. The second-order valence-corrected chi connectivity index (χ2v) is 12.1. The average molecular weight is 617 g/mol. The molecule has 4 aromatic rings. The molecule has 1 fully saturated rings. The van der Waals surface area contributed by atoms with Crippen molar-refractivity contribution in [2.24, 2.45) is 5.92 Å². The number of anilines is 1. The zero-order valence-corrected chi connectivity index (χ0v) is 26.0. The van der Waals surface area contributed by atoms with Gasteiger partial charge in [-0.1, -0.05) is 79.1 Å². The molecule has 0 radical (unpaired) electrons. The highest BCUT2D eigenvalue weighted by Crippen LogP contribution is 2.34. The van der Waals surface area contributed by atoms with E-state index in [1.165, 1.54) is 17.7 Å². The molecule has 1 saturated heterocycles. The molecule has 44 heavy (non-hydrogen) atoms. The van der Waals surface area contributed by atoms with Crippen molar-refractivity contribution in [3.8, 4) is 11.3 Å². The molecular weight excluding hydrogens is 579 g/mol. The van der Waals surface area contributed by atoms with Crippen LogP contribution in [0.3, 0.4) is 0 Å². The summed E-state index contributed by atoms with van der Waals surface area (Å²) in [5.74, 6) is -0.307. The molecule has 1 aromatic heterocycles. The first kappa shape index (κ1) is 31.4. The van der Waals surface area contributed by atoms with E-state index in [-0.39, 0.29) is 39.7 Å². The fourth-order valence-electron chi connectivity index (χ4n) is 5.73. The van der Waals surface area contributed by atoms with Crippen LogP contribution in [0, 0.1) is 18.7 Å². The number of hydrogen-bond donors (Lipinski definition) is 2. The number of amides is 2. The van der Waals surface area contributed by atoms with Crippen molar-refractivity contribution in [2.75, 3.05) is 25.0 Å². The lowest BCUT2D eigenvalue weighted by molar-refractivity contribution is -0.118. The molecule has 7 nitrogen and oxygen atoms in total. The van der Waals surface area contributed by atoms with Crippen LogP contribution in [0.5, 0.6) is 0 Å². The van der Waals surface area contributed by atoms with Crippen molar-refractivity contribution in [1.82, 2.24) is 15.4 Å². The van der Waals surface area contributed by atoms with Crippen molar-refractivity contribution < 1.29 is 18.5 Å². The number of piperidine rings is 1. The van der Waals surface area contributed by atoms with Gasteiger partial charge in [0.15, 0.2) is 0 Å².